The largest absolute Gasteiger partial charge is 0.492 e. The summed E-state index contributed by atoms with van der Waals surface area (Å²) in [5.41, 5.74) is 0.517. The molecular weight excluding hydrogens is 276 g/mol. The molecule has 9 heteroatoms. The van der Waals surface area contributed by atoms with Crippen molar-refractivity contribution in [2.75, 3.05) is 6.61 Å². The molecule has 102 valence electrons. The highest BCUT2D eigenvalue weighted by Crippen LogP contribution is 2.32. The number of aromatic hydroxyl groups is 1. The predicted molar refractivity (Wildman–Crippen MR) is 63.6 cm³/mol. The Hall–Kier alpha value is -1.48. The molecule has 2 aromatic heterocycles. The zero-order valence-corrected chi connectivity index (χ0v) is 10.4. The van der Waals surface area contributed by atoms with Crippen molar-refractivity contribution in [1.29, 1.82) is 0 Å². The minimum Gasteiger partial charge on any atom is -0.492 e. The summed E-state index contributed by atoms with van der Waals surface area (Å²) < 4.78 is 7.04. The van der Waals surface area contributed by atoms with E-state index in [-0.39, 0.29) is 23.3 Å². The molecule has 3 rings (SSSR count). The highest BCUT2D eigenvalue weighted by Gasteiger charge is 2.35. The van der Waals surface area contributed by atoms with E-state index in [9.17, 15) is 10.2 Å². The van der Waals surface area contributed by atoms with Crippen molar-refractivity contribution in [3.8, 4) is 5.88 Å². The van der Waals surface area contributed by atoms with E-state index >= 15 is 0 Å². The summed E-state index contributed by atoms with van der Waals surface area (Å²) in [5.74, 6) is -0.314. The Bertz CT molecular complexity index is 619. The first-order valence-electron chi connectivity index (χ1n) is 5.63. The van der Waals surface area contributed by atoms with Crippen LogP contribution in [0.25, 0.3) is 11.2 Å². The van der Waals surface area contributed by atoms with E-state index in [1.807, 2.05) is 0 Å². The molecule has 0 saturated carbocycles. The van der Waals surface area contributed by atoms with Crippen LogP contribution in [-0.2, 0) is 4.74 Å². The van der Waals surface area contributed by atoms with Gasteiger partial charge in [-0.25, -0.2) is 4.98 Å². The third-order valence-corrected chi connectivity index (χ3v) is 3.24. The molecule has 0 bridgehead atoms. The summed E-state index contributed by atoms with van der Waals surface area (Å²) >= 11 is 5.69. The quantitative estimate of drug-likeness (QED) is 0.657. The van der Waals surface area contributed by atoms with Gasteiger partial charge in [0.15, 0.2) is 11.2 Å². The molecule has 2 aromatic rings. The van der Waals surface area contributed by atoms with E-state index in [0.29, 0.717) is 12.1 Å². The number of aromatic nitrogens is 4. The summed E-state index contributed by atoms with van der Waals surface area (Å²) in [6.45, 7) is -0.273. The zero-order valence-electron chi connectivity index (χ0n) is 9.64. The minimum atomic E-state index is -0.765. The fourth-order valence-corrected chi connectivity index (χ4v) is 2.30. The van der Waals surface area contributed by atoms with Crippen molar-refractivity contribution >= 4 is 22.8 Å². The minimum absolute atomic E-state index is 0.107. The lowest BCUT2D eigenvalue weighted by molar-refractivity contribution is -0.0432. The van der Waals surface area contributed by atoms with Crippen LogP contribution in [0.15, 0.2) is 6.33 Å². The molecule has 0 unspecified atom stereocenters. The van der Waals surface area contributed by atoms with Crippen LogP contribution in [0.4, 0.5) is 0 Å². The molecule has 0 radical (unpaired) electrons. The highest BCUT2D eigenvalue weighted by atomic mass is 35.5. The van der Waals surface area contributed by atoms with E-state index in [0.717, 1.165) is 0 Å². The average Bonchev–Trinajstić information content (AvgIpc) is 2.92. The third-order valence-electron chi connectivity index (χ3n) is 3.07. The van der Waals surface area contributed by atoms with E-state index in [2.05, 4.69) is 15.0 Å². The number of halogens is 1. The Morgan fingerprint density at radius 2 is 2.26 bits per heavy atom. The lowest BCUT2D eigenvalue weighted by atomic mass is 10.2. The van der Waals surface area contributed by atoms with Crippen LogP contribution in [0.3, 0.4) is 0 Å². The van der Waals surface area contributed by atoms with Gasteiger partial charge in [0.25, 0.3) is 0 Å². The Morgan fingerprint density at radius 3 is 2.95 bits per heavy atom. The molecule has 3 atom stereocenters. The van der Waals surface area contributed by atoms with E-state index in [1.165, 1.54) is 6.33 Å². The molecule has 0 amide bonds. The van der Waals surface area contributed by atoms with Crippen molar-refractivity contribution in [2.45, 2.75) is 24.9 Å². The monoisotopic (exact) mass is 286 g/mol. The molecule has 19 heavy (non-hydrogen) atoms. The second-order valence-electron chi connectivity index (χ2n) is 4.26. The number of hydrogen-bond donors (Lipinski definition) is 3. The molecule has 0 aliphatic carbocycles. The van der Waals surface area contributed by atoms with Gasteiger partial charge in [0.2, 0.25) is 11.2 Å². The van der Waals surface area contributed by atoms with Gasteiger partial charge in [-0.2, -0.15) is 9.97 Å². The summed E-state index contributed by atoms with van der Waals surface area (Å²) in [7, 11) is 0. The number of aliphatic hydroxyl groups is 2. The van der Waals surface area contributed by atoms with Crippen molar-refractivity contribution < 1.29 is 20.1 Å². The number of nitrogens with zero attached hydrogens (tertiary/aromatic N) is 4. The molecule has 0 aromatic carbocycles. The molecule has 0 spiro atoms. The topological polar surface area (TPSA) is 114 Å². The first-order chi connectivity index (χ1) is 9.10. The maximum atomic E-state index is 9.71. The van der Waals surface area contributed by atoms with Gasteiger partial charge < -0.3 is 20.1 Å². The third kappa shape index (κ3) is 2.02. The molecule has 3 heterocycles. The summed E-state index contributed by atoms with van der Waals surface area (Å²) in [4.78, 5) is 11.6. The van der Waals surface area contributed by atoms with Crippen LogP contribution < -0.4 is 0 Å². The van der Waals surface area contributed by atoms with Crippen LogP contribution >= 0.6 is 11.6 Å². The molecule has 1 aliphatic rings. The van der Waals surface area contributed by atoms with Crippen molar-refractivity contribution in [3.63, 3.8) is 0 Å². The second kappa shape index (κ2) is 4.57. The molecule has 1 aliphatic heterocycles. The smallest absolute Gasteiger partial charge is 0.244 e. The number of imidazole rings is 1. The Kier molecular flexibility index (Phi) is 3.02. The average molecular weight is 287 g/mol. The van der Waals surface area contributed by atoms with Gasteiger partial charge in [0.05, 0.1) is 19.0 Å². The van der Waals surface area contributed by atoms with E-state index in [4.69, 9.17) is 21.4 Å². The SMILES string of the molecule is OC[C@@H]1O[C@@H](n2cnc3c(O)nc(Cl)nc32)C[C@H]1O. The lowest BCUT2D eigenvalue weighted by Gasteiger charge is -2.13. The van der Waals surface area contributed by atoms with Gasteiger partial charge in [0, 0.05) is 6.42 Å². The number of fused-ring (bicyclic) bond motifs is 1. The van der Waals surface area contributed by atoms with Crippen LogP contribution in [0.5, 0.6) is 5.88 Å². The maximum absolute atomic E-state index is 9.71. The molecule has 1 saturated heterocycles. The van der Waals surface area contributed by atoms with Crippen LogP contribution in [0, 0.1) is 0 Å². The zero-order chi connectivity index (χ0) is 13.6. The van der Waals surface area contributed by atoms with Crippen molar-refractivity contribution in [1.82, 2.24) is 19.5 Å². The number of aliphatic hydroxyl groups excluding tert-OH is 2. The second-order valence-corrected chi connectivity index (χ2v) is 4.59. The molecular formula is C10H11ClN4O4. The normalized spacial score (nSPS) is 27.2. The molecule has 3 N–H and O–H groups in total. The van der Waals surface area contributed by atoms with Crippen LogP contribution in [0.1, 0.15) is 12.6 Å². The summed E-state index contributed by atoms with van der Waals surface area (Å²) in [5, 5.41) is 28.3. The van der Waals surface area contributed by atoms with Gasteiger partial charge in [-0.15, -0.1) is 0 Å². The van der Waals surface area contributed by atoms with Crippen molar-refractivity contribution in [3.05, 3.63) is 11.6 Å². The van der Waals surface area contributed by atoms with Gasteiger partial charge in [0.1, 0.15) is 12.3 Å². The highest BCUT2D eigenvalue weighted by molar-refractivity contribution is 6.28. The van der Waals surface area contributed by atoms with E-state index < -0.39 is 18.4 Å². The summed E-state index contributed by atoms with van der Waals surface area (Å²) in [6.07, 6.45) is -0.222. The standard InChI is InChI=1S/C10H11ClN4O4/c11-10-13-8-7(9(18)14-10)12-3-15(8)6-1-4(17)5(2-16)19-6/h3-6,16-17H,1-2H2,(H,13,14,18)/t4-,5+,6-/m1/s1. The van der Waals surface area contributed by atoms with Crippen LogP contribution in [0.2, 0.25) is 5.28 Å². The first kappa shape index (κ1) is 12.5. The van der Waals surface area contributed by atoms with Crippen LogP contribution in [-0.4, -0.2) is 53.7 Å². The van der Waals surface area contributed by atoms with Crippen molar-refractivity contribution in [2.24, 2.45) is 0 Å². The first-order valence-corrected chi connectivity index (χ1v) is 6.01. The molecule has 1 fully saturated rings. The lowest BCUT2D eigenvalue weighted by Crippen LogP contribution is -2.24. The molecule has 8 nitrogen and oxygen atoms in total. The Morgan fingerprint density at radius 1 is 1.47 bits per heavy atom. The van der Waals surface area contributed by atoms with Gasteiger partial charge in [-0.1, -0.05) is 0 Å². The Labute approximate surface area is 112 Å². The van der Waals surface area contributed by atoms with E-state index in [1.54, 1.807) is 4.57 Å². The number of hydrogen-bond acceptors (Lipinski definition) is 7. The Balaban J connectivity index is 2.02. The number of rotatable bonds is 2. The van der Waals surface area contributed by atoms with Gasteiger partial charge in [-0.3, -0.25) is 4.57 Å². The number of ether oxygens (including phenoxy) is 1. The maximum Gasteiger partial charge on any atom is 0.244 e. The summed E-state index contributed by atoms with van der Waals surface area (Å²) in [6, 6.07) is 0. The van der Waals surface area contributed by atoms with Gasteiger partial charge in [-0.05, 0) is 11.6 Å². The fraction of sp³-hybridized carbons (Fsp3) is 0.500. The predicted octanol–water partition coefficient (Wildman–Crippen LogP) is -0.174. The van der Waals surface area contributed by atoms with Gasteiger partial charge >= 0.3 is 0 Å². The fourth-order valence-electron chi connectivity index (χ4n) is 2.14.